The van der Waals surface area contributed by atoms with Crippen LogP contribution in [0.2, 0.25) is 0 Å². The molecule has 0 aromatic heterocycles. The summed E-state index contributed by atoms with van der Waals surface area (Å²) >= 11 is 0. The van der Waals surface area contributed by atoms with Crippen molar-refractivity contribution in [1.82, 2.24) is 4.90 Å². The Labute approximate surface area is 127 Å². The molecule has 0 aromatic carbocycles. The van der Waals surface area contributed by atoms with Crippen LogP contribution < -0.4 is 0 Å². The van der Waals surface area contributed by atoms with E-state index in [1.807, 2.05) is 19.0 Å². The van der Waals surface area contributed by atoms with Gasteiger partial charge in [-0.2, -0.15) is 0 Å². The fourth-order valence-electron chi connectivity index (χ4n) is 0.679. The lowest BCUT2D eigenvalue weighted by molar-refractivity contribution is 0.464. The van der Waals surface area contributed by atoms with Crippen molar-refractivity contribution in [3.8, 4) is 94.7 Å². The van der Waals surface area contributed by atoms with Crippen molar-refractivity contribution in [2.75, 3.05) is 20.6 Å². The second-order valence-corrected chi connectivity index (χ2v) is 3.41. The topological polar surface area (TPSA) is 3.24 Å². The molecule has 0 aliphatic carbocycles. The van der Waals surface area contributed by atoms with E-state index in [-0.39, 0.29) is 0 Å². The minimum atomic E-state index is 0.675. The molecule has 0 fully saturated rings. The molecule has 0 saturated heterocycles. The van der Waals surface area contributed by atoms with Gasteiger partial charge in [0.05, 0.1) is 6.54 Å². The monoisotopic (exact) mass is 265 g/mol. The SMILES string of the molecule is CC#CC#CC#CC#CC#CC#CC#CC#CCN(C)C. The summed E-state index contributed by atoms with van der Waals surface area (Å²) in [6.07, 6.45) is 0. The van der Waals surface area contributed by atoms with Crippen LogP contribution in [0.25, 0.3) is 0 Å². The number of hydrogen-bond acceptors (Lipinski definition) is 1. The van der Waals surface area contributed by atoms with Gasteiger partial charge in [-0.05, 0) is 104 Å². The zero-order chi connectivity index (χ0) is 15.6. The first-order valence-electron chi connectivity index (χ1n) is 5.81. The summed E-state index contributed by atoms with van der Waals surface area (Å²) in [5.41, 5.74) is 0. The Morgan fingerprint density at radius 2 is 0.857 bits per heavy atom. The molecule has 0 atom stereocenters. The maximum absolute atomic E-state index is 2.87. The van der Waals surface area contributed by atoms with E-state index in [1.165, 1.54) is 0 Å². The van der Waals surface area contributed by atoms with Gasteiger partial charge in [-0.1, -0.05) is 11.8 Å². The summed E-state index contributed by atoms with van der Waals surface area (Å²) in [4.78, 5) is 1.95. The first-order chi connectivity index (χ1) is 10.3. The Morgan fingerprint density at radius 3 is 1.19 bits per heavy atom. The van der Waals surface area contributed by atoms with Gasteiger partial charge in [-0.15, -0.1) is 0 Å². The van der Waals surface area contributed by atoms with Crippen LogP contribution in [0.5, 0.6) is 0 Å². The van der Waals surface area contributed by atoms with E-state index in [1.54, 1.807) is 6.92 Å². The second-order valence-electron chi connectivity index (χ2n) is 3.41. The molecule has 0 rings (SSSR count). The first kappa shape index (κ1) is 17.4. The highest BCUT2D eigenvalue weighted by Crippen LogP contribution is 1.67. The molecule has 1 nitrogen and oxygen atoms in total. The lowest BCUT2D eigenvalue weighted by Gasteiger charge is -1.99. The first-order valence-corrected chi connectivity index (χ1v) is 5.81. The van der Waals surface area contributed by atoms with Gasteiger partial charge in [-0.25, -0.2) is 0 Å². The van der Waals surface area contributed by atoms with Gasteiger partial charge in [-0.3, -0.25) is 4.90 Å². The zero-order valence-corrected chi connectivity index (χ0v) is 12.2. The van der Waals surface area contributed by atoms with Crippen LogP contribution >= 0.6 is 0 Å². The summed E-state index contributed by atoms with van der Waals surface area (Å²) in [5, 5.41) is 0. The molecular weight excluding hydrogens is 254 g/mol. The summed E-state index contributed by atoms with van der Waals surface area (Å²) in [6, 6.07) is 0. The van der Waals surface area contributed by atoms with E-state index >= 15 is 0 Å². The maximum atomic E-state index is 2.87. The fourth-order valence-corrected chi connectivity index (χ4v) is 0.679. The highest BCUT2D eigenvalue weighted by atomic mass is 15.0. The van der Waals surface area contributed by atoms with E-state index in [0.29, 0.717) is 6.54 Å². The van der Waals surface area contributed by atoms with E-state index in [9.17, 15) is 0 Å². The molecule has 0 N–H and O–H groups in total. The molecule has 1 heteroatoms. The largest absolute Gasteiger partial charge is 0.298 e. The highest BCUT2D eigenvalue weighted by Gasteiger charge is 1.77. The summed E-state index contributed by atoms with van der Waals surface area (Å²) < 4.78 is 0. The standard InChI is InChI=1S/C20H11N/c1-4-5-6-7-8-9-10-11-12-13-14-15-16-17-18-19-20-21(2)3/h20H2,1-3H3. The van der Waals surface area contributed by atoms with Crippen molar-refractivity contribution in [3.63, 3.8) is 0 Å². The van der Waals surface area contributed by atoms with Crippen molar-refractivity contribution < 1.29 is 0 Å². The van der Waals surface area contributed by atoms with Gasteiger partial charge >= 0.3 is 0 Å². The number of rotatable bonds is 1. The van der Waals surface area contributed by atoms with Gasteiger partial charge in [0.2, 0.25) is 0 Å². The molecule has 96 valence electrons. The van der Waals surface area contributed by atoms with Crippen LogP contribution in [0, 0.1) is 94.7 Å². The summed E-state index contributed by atoms with van der Waals surface area (Å²) in [6.45, 7) is 2.38. The van der Waals surface area contributed by atoms with Crippen molar-refractivity contribution in [3.05, 3.63) is 0 Å². The molecule has 0 amide bonds. The molecule has 0 aromatic rings. The van der Waals surface area contributed by atoms with Gasteiger partial charge in [0.15, 0.2) is 0 Å². The molecule has 0 saturated carbocycles. The smallest absolute Gasteiger partial charge is 0.0606 e. The molecule has 0 heterocycles. The molecule has 0 bridgehead atoms. The van der Waals surface area contributed by atoms with Gasteiger partial charge < -0.3 is 0 Å². The van der Waals surface area contributed by atoms with Crippen LogP contribution in [-0.4, -0.2) is 25.5 Å². The Morgan fingerprint density at radius 1 is 0.524 bits per heavy atom. The molecule has 0 radical (unpaired) electrons. The maximum Gasteiger partial charge on any atom is 0.0606 e. The van der Waals surface area contributed by atoms with Crippen molar-refractivity contribution in [1.29, 1.82) is 0 Å². The Bertz CT molecular complexity index is 839. The second kappa shape index (κ2) is 14.5. The number of hydrogen-bond donors (Lipinski definition) is 0. The van der Waals surface area contributed by atoms with Crippen LogP contribution in [0.15, 0.2) is 0 Å². The fraction of sp³-hybridized carbons (Fsp3) is 0.200. The van der Waals surface area contributed by atoms with E-state index in [4.69, 9.17) is 0 Å². The predicted molar refractivity (Wildman–Crippen MR) is 86.4 cm³/mol. The highest BCUT2D eigenvalue weighted by molar-refractivity contribution is 5.45. The average molecular weight is 265 g/mol. The Balaban J connectivity index is 4.25. The summed E-state index contributed by atoms with van der Waals surface area (Å²) in [5.74, 6) is 41.3. The Hall–Kier alpha value is -3.56. The van der Waals surface area contributed by atoms with Crippen molar-refractivity contribution in [2.45, 2.75) is 6.92 Å². The third-order valence-electron chi connectivity index (χ3n) is 1.42. The quantitative estimate of drug-likeness (QED) is 0.627. The Kier molecular flexibility index (Phi) is 12.0. The van der Waals surface area contributed by atoms with Crippen LogP contribution in [0.1, 0.15) is 6.92 Å². The normalized spacial score (nSPS) is 5.33. The molecule has 0 unspecified atom stereocenters. The van der Waals surface area contributed by atoms with Crippen molar-refractivity contribution >= 4 is 0 Å². The summed E-state index contributed by atoms with van der Waals surface area (Å²) in [7, 11) is 3.88. The van der Waals surface area contributed by atoms with Gasteiger partial charge in [0.1, 0.15) is 0 Å². The lowest BCUT2D eigenvalue weighted by Crippen LogP contribution is -2.10. The zero-order valence-electron chi connectivity index (χ0n) is 12.2. The van der Waals surface area contributed by atoms with Crippen molar-refractivity contribution in [2.24, 2.45) is 0 Å². The van der Waals surface area contributed by atoms with Crippen LogP contribution in [0.4, 0.5) is 0 Å². The minimum absolute atomic E-state index is 0.675. The molecule has 0 aliphatic rings. The third kappa shape index (κ3) is 16.4. The predicted octanol–water partition coefficient (Wildman–Crippen LogP) is 0.595. The number of nitrogens with zero attached hydrogens (tertiary/aromatic N) is 1. The van der Waals surface area contributed by atoms with Crippen LogP contribution in [-0.2, 0) is 0 Å². The third-order valence-corrected chi connectivity index (χ3v) is 1.42. The lowest BCUT2D eigenvalue weighted by atomic mass is 10.4. The minimum Gasteiger partial charge on any atom is -0.298 e. The van der Waals surface area contributed by atoms with Crippen LogP contribution in [0.3, 0.4) is 0 Å². The average Bonchev–Trinajstić information content (AvgIpc) is 2.46. The van der Waals surface area contributed by atoms with Gasteiger partial charge in [0.25, 0.3) is 0 Å². The van der Waals surface area contributed by atoms with E-state index in [0.717, 1.165) is 0 Å². The molecular formula is C20H11N. The van der Waals surface area contributed by atoms with E-state index in [2.05, 4.69) is 94.7 Å². The van der Waals surface area contributed by atoms with E-state index < -0.39 is 0 Å². The molecule has 0 aliphatic heterocycles. The molecule has 21 heavy (non-hydrogen) atoms. The van der Waals surface area contributed by atoms with Gasteiger partial charge in [0, 0.05) is 0 Å². The molecule has 0 spiro atoms.